The van der Waals surface area contributed by atoms with Crippen molar-refractivity contribution in [3.05, 3.63) is 0 Å². The zero-order valence-electron chi connectivity index (χ0n) is 25.0. The van der Waals surface area contributed by atoms with Crippen molar-refractivity contribution in [2.45, 2.75) is 180 Å². The molecular formula is C34H67N. The molecule has 1 heteroatoms. The van der Waals surface area contributed by atoms with Gasteiger partial charge in [0.2, 0.25) is 0 Å². The van der Waals surface area contributed by atoms with Gasteiger partial charge in [-0.1, -0.05) is 142 Å². The molecule has 2 fully saturated rings. The molecule has 0 N–H and O–H groups in total. The quantitative estimate of drug-likeness (QED) is 0.109. The Balaban J connectivity index is 1.32. The predicted molar refractivity (Wildman–Crippen MR) is 158 cm³/mol. The van der Waals surface area contributed by atoms with Crippen LogP contribution in [0, 0.1) is 23.7 Å². The van der Waals surface area contributed by atoms with Gasteiger partial charge in [-0.05, 0) is 69.9 Å². The first kappa shape index (κ1) is 31.2. The second-order valence-corrected chi connectivity index (χ2v) is 13.2. The summed E-state index contributed by atoms with van der Waals surface area (Å²) in [5, 5.41) is 0. The number of unbranched alkanes of at least 4 members (excludes halogenated alkanes) is 15. The van der Waals surface area contributed by atoms with Gasteiger partial charge in [0.1, 0.15) is 0 Å². The first-order valence-electron chi connectivity index (χ1n) is 16.8. The maximum Gasteiger partial charge on any atom is 0.00891 e. The summed E-state index contributed by atoms with van der Waals surface area (Å²) in [5.41, 5.74) is 0. The fraction of sp³-hybridized carbons (Fsp3) is 1.00. The predicted octanol–water partition coefficient (Wildman–Crippen LogP) is 11.2. The van der Waals surface area contributed by atoms with Gasteiger partial charge in [-0.25, -0.2) is 0 Å². The van der Waals surface area contributed by atoms with Crippen LogP contribution < -0.4 is 0 Å². The normalized spacial score (nSPS) is 24.3. The number of hydrogen-bond acceptors (Lipinski definition) is 1. The van der Waals surface area contributed by atoms with E-state index in [0.29, 0.717) is 0 Å². The van der Waals surface area contributed by atoms with Crippen molar-refractivity contribution in [2.75, 3.05) is 14.1 Å². The lowest BCUT2D eigenvalue weighted by atomic mass is 9.99. The van der Waals surface area contributed by atoms with Crippen LogP contribution in [0.4, 0.5) is 0 Å². The molecule has 2 aliphatic rings. The Kier molecular flexibility index (Phi) is 17.8. The van der Waals surface area contributed by atoms with Crippen LogP contribution in [0.2, 0.25) is 0 Å². The Hall–Kier alpha value is -0.0400. The zero-order valence-corrected chi connectivity index (χ0v) is 25.0. The van der Waals surface area contributed by atoms with E-state index >= 15 is 0 Å². The van der Waals surface area contributed by atoms with Gasteiger partial charge in [0.25, 0.3) is 0 Å². The molecule has 208 valence electrons. The molecule has 1 nitrogen and oxygen atoms in total. The first-order chi connectivity index (χ1) is 17.2. The van der Waals surface area contributed by atoms with Crippen LogP contribution in [-0.4, -0.2) is 25.0 Å². The van der Waals surface area contributed by atoms with Gasteiger partial charge in [0.05, 0.1) is 0 Å². The lowest BCUT2D eigenvalue weighted by molar-refractivity contribution is 0.251. The van der Waals surface area contributed by atoms with Crippen molar-refractivity contribution < 1.29 is 0 Å². The van der Waals surface area contributed by atoms with Crippen molar-refractivity contribution >= 4 is 0 Å². The lowest BCUT2D eigenvalue weighted by Gasteiger charge is -2.24. The molecule has 2 aliphatic carbocycles. The standard InChI is InChI=1S/C34H67N/c1-5-7-9-10-11-14-17-21-25-34(35(3)4)26-22-18-15-12-13-16-20-24-31-28-33(31)29-32-27-30(32)23-19-8-6-2/h30-34H,5-29H2,1-4H3. The second kappa shape index (κ2) is 20.0. The molecule has 0 saturated heterocycles. The van der Waals surface area contributed by atoms with E-state index in [1.54, 1.807) is 32.1 Å². The average Bonchev–Trinajstić information content (AvgIpc) is 3.76. The molecule has 2 rings (SSSR count). The molecule has 5 atom stereocenters. The highest BCUT2D eigenvalue weighted by Gasteiger charge is 2.44. The fourth-order valence-electron chi connectivity index (χ4n) is 6.80. The van der Waals surface area contributed by atoms with Crippen molar-refractivity contribution in [1.29, 1.82) is 0 Å². The van der Waals surface area contributed by atoms with E-state index in [0.717, 1.165) is 29.7 Å². The molecule has 0 spiro atoms. The molecule has 5 unspecified atom stereocenters. The highest BCUT2D eigenvalue weighted by Crippen LogP contribution is 2.54. The Morgan fingerprint density at radius 3 is 1.31 bits per heavy atom. The first-order valence-corrected chi connectivity index (χ1v) is 16.8. The van der Waals surface area contributed by atoms with Crippen LogP contribution in [0.25, 0.3) is 0 Å². The van der Waals surface area contributed by atoms with Gasteiger partial charge < -0.3 is 4.90 Å². The van der Waals surface area contributed by atoms with Crippen molar-refractivity contribution in [2.24, 2.45) is 23.7 Å². The Morgan fingerprint density at radius 2 is 0.857 bits per heavy atom. The fourth-order valence-corrected chi connectivity index (χ4v) is 6.80. The van der Waals surface area contributed by atoms with E-state index in [-0.39, 0.29) is 0 Å². The summed E-state index contributed by atoms with van der Waals surface area (Å²) in [6, 6.07) is 0.823. The highest BCUT2D eigenvalue weighted by atomic mass is 15.1. The summed E-state index contributed by atoms with van der Waals surface area (Å²) in [4.78, 5) is 2.50. The molecule has 2 saturated carbocycles. The molecular weight excluding hydrogens is 422 g/mol. The molecule has 0 aromatic heterocycles. The van der Waals surface area contributed by atoms with Crippen LogP contribution in [0.5, 0.6) is 0 Å². The van der Waals surface area contributed by atoms with Crippen molar-refractivity contribution in [3.63, 3.8) is 0 Å². The van der Waals surface area contributed by atoms with Gasteiger partial charge in [0, 0.05) is 6.04 Å². The van der Waals surface area contributed by atoms with E-state index in [4.69, 9.17) is 0 Å². The lowest BCUT2D eigenvalue weighted by Crippen LogP contribution is -2.27. The summed E-state index contributed by atoms with van der Waals surface area (Å²) in [6.45, 7) is 4.64. The average molecular weight is 490 g/mol. The van der Waals surface area contributed by atoms with Gasteiger partial charge >= 0.3 is 0 Å². The smallest absolute Gasteiger partial charge is 0.00891 e. The monoisotopic (exact) mass is 490 g/mol. The SMILES string of the molecule is CCCCCCCCCCC(CCCCCCCCCC1CC1CC1CC1CCCCC)N(C)C. The minimum Gasteiger partial charge on any atom is -0.306 e. The van der Waals surface area contributed by atoms with Gasteiger partial charge in [-0.15, -0.1) is 0 Å². The highest BCUT2D eigenvalue weighted by molar-refractivity contribution is 4.94. The van der Waals surface area contributed by atoms with Gasteiger partial charge in [-0.2, -0.15) is 0 Å². The minimum absolute atomic E-state index is 0.823. The van der Waals surface area contributed by atoms with E-state index in [9.17, 15) is 0 Å². The van der Waals surface area contributed by atoms with E-state index in [2.05, 4.69) is 32.8 Å². The van der Waals surface area contributed by atoms with Crippen LogP contribution >= 0.6 is 0 Å². The molecule has 0 heterocycles. The minimum atomic E-state index is 0.823. The number of rotatable bonds is 26. The van der Waals surface area contributed by atoms with Crippen LogP contribution in [0.3, 0.4) is 0 Å². The van der Waals surface area contributed by atoms with Gasteiger partial charge in [0.15, 0.2) is 0 Å². The summed E-state index contributed by atoms with van der Waals surface area (Å²) in [5.74, 6) is 4.57. The molecule has 35 heavy (non-hydrogen) atoms. The number of nitrogens with zero attached hydrogens (tertiary/aromatic N) is 1. The summed E-state index contributed by atoms with van der Waals surface area (Å²) < 4.78 is 0. The van der Waals surface area contributed by atoms with Crippen LogP contribution in [-0.2, 0) is 0 Å². The van der Waals surface area contributed by atoms with Gasteiger partial charge in [-0.3, -0.25) is 0 Å². The number of hydrogen-bond donors (Lipinski definition) is 0. The Bertz CT molecular complexity index is 471. The molecule has 0 amide bonds. The molecule has 0 bridgehead atoms. The Labute approximate surface area is 223 Å². The molecule has 0 aliphatic heterocycles. The topological polar surface area (TPSA) is 3.24 Å². The summed E-state index contributed by atoms with van der Waals surface area (Å²) in [6.07, 6.45) is 37.0. The second-order valence-electron chi connectivity index (χ2n) is 13.2. The van der Waals surface area contributed by atoms with Crippen molar-refractivity contribution in [3.8, 4) is 0 Å². The molecule has 0 aromatic rings. The zero-order chi connectivity index (χ0) is 25.1. The molecule has 0 aromatic carbocycles. The van der Waals surface area contributed by atoms with E-state index < -0.39 is 0 Å². The largest absolute Gasteiger partial charge is 0.306 e. The third-order valence-electron chi connectivity index (χ3n) is 9.66. The van der Waals surface area contributed by atoms with Crippen LogP contribution in [0.15, 0.2) is 0 Å². The Morgan fingerprint density at radius 1 is 0.486 bits per heavy atom. The van der Waals surface area contributed by atoms with Crippen molar-refractivity contribution in [1.82, 2.24) is 4.90 Å². The third kappa shape index (κ3) is 15.7. The maximum absolute atomic E-state index is 2.50. The van der Waals surface area contributed by atoms with Crippen LogP contribution in [0.1, 0.15) is 174 Å². The maximum atomic E-state index is 2.50. The van der Waals surface area contributed by atoms with E-state index in [1.807, 2.05) is 0 Å². The summed E-state index contributed by atoms with van der Waals surface area (Å²) >= 11 is 0. The third-order valence-corrected chi connectivity index (χ3v) is 9.66. The van der Waals surface area contributed by atoms with E-state index in [1.165, 1.54) is 128 Å². The molecule has 0 radical (unpaired) electrons. The summed E-state index contributed by atoms with van der Waals surface area (Å²) in [7, 11) is 4.60.